The second-order valence-corrected chi connectivity index (χ2v) is 6.36. The Morgan fingerprint density at radius 1 is 1.31 bits per heavy atom. The first-order valence-electron chi connectivity index (χ1n) is 8.77. The minimum Gasteiger partial charge on any atom is -0.474 e. The first-order chi connectivity index (χ1) is 12.8. The molecule has 0 aliphatic heterocycles. The van der Waals surface area contributed by atoms with Crippen LogP contribution in [0.1, 0.15) is 41.7 Å². The molecule has 7 heteroatoms. The number of rotatable bonds is 6. The summed E-state index contributed by atoms with van der Waals surface area (Å²) in [5.74, 6) is 1.02. The van der Waals surface area contributed by atoms with Gasteiger partial charge < -0.3 is 14.5 Å². The van der Waals surface area contributed by atoms with Gasteiger partial charge in [0.25, 0.3) is 5.91 Å². The molecule has 0 bridgehead atoms. The molecule has 7 nitrogen and oxygen atoms in total. The average molecular weight is 352 g/mol. The summed E-state index contributed by atoms with van der Waals surface area (Å²) in [6.07, 6.45) is 8.24. The molecule has 4 rings (SSSR count). The SMILES string of the molecule is O=C(NCc1ccc(OC2CCCC2)nc1)c1cc(-c2ccco2)[nH]n1. The third-order valence-corrected chi connectivity index (χ3v) is 4.44. The van der Waals surface area contributed by atoms with Gasteiger partial charge in [0.05, 0.1) is 6.26 Å². The van der Waals surface area contributed by atoms with Crippen LogP contribution in [-0.4, -0.2) is 27.2 Å². The van der Waals surface area contributed by atoms with E-state index in [1.165, 1.54) is 12.8 Å². The van der Waals surface area contributed by atoms with Crippen molar-refractivity contribution in [3.63, 3.8) is 0 Å². The maximum atomic E-state index is 12.2. The highest BCUT2D eigenvalue weighted by Gasteiger charge is 2.17. The van der Waals surface area contributed by atoms with Crippen LogP contribution in [0.4, 0.5) is 0 Å². The van der Waals surface area contributed by atoms with E-state index < -0.39 is 0 Å². The van der Waals surface area contributed by atoms with Crippen molar-refractivity contribution in [1.29, 1.82) is 0 Å². The number of carbonyl (C=O) groups is 1. The molecular formula is C19H20N4O3. The summed E-state index contributed by atoms with van der Waals surface area (Å²) in [6, 6.07) is 9.00. The van der Waals surface area contributed by atoms with E-state index in [-0.39, 0.29) is 12.0 Å². The van der Waals surface area contributed by atoms with E-state index >= 15 is 0 Å². The molecule has 2 N–H and O–H groups in total. The quantitative estimate of drug-likeness (QED) is 0.710. The molecule has 0 spiro atoms. The zero-order chi connectivity index (χ0) is 17.8. The van der Waals surface area contributed by atoms with Gasteiger partial charge in [-0.2, -0.15) is 5.10 Å². The number of carbonyl (C=O) groups excluding carboxylic acids is 1. The Morgan fingerprint density at radius 3 is 2.92 bits per heavy atom. The van der Waals surface area contributed by atoms with Gasteiger partial charge in [-0.1, -0.05) is 6.07 Å². The summed E-state index contributed by atoms with van der Waals surface area (Å²) in [5, 5.41) is 9.65. The first kappa shape index (κ1) is 16.4. The Balaban J connectivity index is 1.31. The van der Waals surface area contributed by atoms with Crippen molar-refractivity contribution in [3.8, 4) is 17.3 Å². The van der Waals surface area contributed by atoms with Crippen molar-refractivity contribution in [2.45, 2.75) is 38.3 Å². The molecule has 3 heterocycles. The number of pyridine rings is 1. The monoisotopic (exact) mass is 352 g/mol. The third kappa shape index (κ3) is 3.77. The molecule has 1 fully saturated rings. The van der Waals surface area contributed by atoms with Crippen LogP contribution in [0.2, 0.25) is 0 Å². The lowest BCUT2D eigenvalue weighted by Gasteiger charge is -2.12. The molecule has 1 aliphatic rings. The van der Waals surface area contributed by atoms with Crippen molar-refractivity contribution in [2.24, 2.45) is 0 Å². The minimum atomic E-state index is -0.259. The number of hydrogen-bond acceptors (Lipinski definition) is 5. The van der Waals surface area contributed by atoms with Crippen molar-refractivity contribution in [2.75, 3.05) is 0 Å². The van der Waals surface area contributed by atoms with Gasteiger partial charge in [0.2, 0.25) is 5.88 Å². The summed E-state index contributed by atoms with van der Waals surface area (Å²) in [7, 11) is 0. The Bertz CT molecular complexity index is 849. The van der Waals surface area contributed by atoms with Gasteiger partial charge >= 0.3 is 0 Å². The molecular weight excluding hydrogens is 332 g/mol. The highest BCUT2D eigenvalue weighted by atomic mass is 16.5. The zero-order valence-corrected chi connectivity index (χ0v) is 14.3. The second kappa shape index (κ2) is 7.43. The lowest BCUT2D eigenvalue weighted by molar-refractivity contribution is 0.0946. The molecule has 0 saturated heterocycles. The predicted octanol–water partition coefficient (Wildman–Crippen LogP) is 3.32. The normalized spacial score (nSPS) is 14.5. The van der Waals surface area contributed by atoms with E-state index in [9.17, 15) is 4.79 Å². The van der Waals surface area contributed by atoms with Gasteiger partial charge in [0.15, 0.2) is 11.5 Å². The Labute approximate surface area is 150 Å². The number of amides is 1. The van der Waals surface area contributed by atoms with E-state index in [0.29, 0.717) is 29.6 Å². The van der Waals surface area contributed by atoms with E-state index in [4.69, 9.17) is 9.15 Å². The summed E-state index contributed by atoms with van der Waals surface area (Å²) in [6.45, 7) is 0.373. The molecule has 1 amide bonds. The van der Waals surface area contributed by atoms with Crippen LogP contribution in [0, 0.1) is 0 Å². The summed E-state index contributed by atoms with van der Waals surface area (Å²) in [4.78, 5) is 16.6. The maximum Gasteiger partial charge on any atom is 0.272 e. The molecule has 26 heavy (non-hydrogen) atoms. The molecule has 0 radical (unpaired) electrons. The van der Waals surface area contributed by atoms with Gasteiger partial charge in [-0.05, 0) is 43.4 Å². The van der Waals surface area contributed by atoms with Crippen LogP contribution in [-0.2, 0) is 6.54 Å². The summed E-state index contributed by atoms with van der Waals surface area (Å²) in [5.41, 5.74) is 1.87. The van der Waals surface area contributed by atoms with E-state index in [1.54, 1.807) is 30.7 Å². The number of aromatic nitrogens is 3. The van der Waals surface area contributed by atoms with Gasteiger partial charge in [-0.15, -0.1) is 0 Å². The fourth-order valence-corrected chi connectivity index (χ4v) is 3.03. The van der Waals surface area contributed by atoms with Crippen molar-refractivity contribution in [3.05, 3.63) is 54.0 Å². The first-order valence-corrected chi connectivity index (χ1v) is 8.77. The molecule has 134 valence electrons. The standard InChI is InChI=1S/C19H20N4O3/c24-19(16-10-15(22-23-16)17-6-3-9-25-17)21-12-13-7-8-18(20-11-13)26-14-4-1-2-5-14/h3,6-11,14H,1-2,4-5,12H2,(H,21,24)(H,22,23). The van der Waals surface area contributed by atoms with Crippen LogP contribution in [0.25, 0.3) is 11.5 Å². The summed E-state index contributed by atoms with van der Waals surface area (Å²) < 4.78 is 11.1. The number of hydrogen-bond donors (Lipinski definition) is 2. The highest BCUT2D eigenvalue weighted by Crippen LogP contribution is 2.23. The molecule has 3 aromatic rings. The maximum absolute atomic E-state index is 12.2. The fraction of sp³-hybridized carbons (Fsp3) is 0.316. The molecule has 0 atom stereocenters. The van der Waals surface area contributed by atoms with Gasteiger partial charge in [0.1, 0.15) is 11.8 Å². The Kier molecular flexibility index (Phi) is 4.68. The molecule has 1 saturated carbocycles. The number of nitrogens with one attached hydrogen (secondary N) is 2. The largest absolute Gasteiger partial charge is 0.474 e. The molecule has 1 aliphatic carbocycles. The third-order valence-electron chi connectivity index (χ3n) is 4.44. The van der Waals surface area contributed by atoms with Crippen LogP contribution in [0.15, 0.2) is 47.2 Å². The molecule has 0 unspecified atom stereocenters. The van der Waals surface area contributed by atoms with Gasteiger partial charge in [-0.25, -0.2) is 4.98 Å². The van der Waals surface area contributed by atoms with Crippen molar-refractivity contribution < 1.29 is 13.9 Å². The molecule has 3 aromatic heterocycles. The number of nitrogens with zero attached hydrogens (tertiary/aromatic N) is 2. The smallest absolute Gasteiger partial charge is 0.272 e. The topological polar surface area (TPSA) is 93.0 Å². The van der Waals surface area contributed by atoms with Crippen molar-refractivity contribution in [1.82, 2.24) is 20.5 Å². The molecule has 0 aromatic carbocycles. The highest BCUT2D eigenvalue weighted by molar-refractivity contribution is 5.93. The van der Waals surface area contributed by atoms with E-state index in [0.717, 1.165) is 18.4 Å². The average Bonchev–Trinajstić information content (AvgIpc) is 3.42. The van der Waals surface area contributed by atoms with Gasteiger partial charge in [-0.3, -0.25) is 9.89 Å². The Morgan fingerprint density at radius 2 is 2.19 bits per heavy atom. The van der Waals surface area contributed by atoms with Gasteiger partial charge in [0, 0.05) is 24.9 Å². The number of H-pyrrole nitrogens is 1. The number of aromatic amines is 1. The van der Waals surface area contributed by atoms with Crippen LogP contribution in [0.5, 0.6) is 5.88 Å². The number of furan rings is 1. The van der Waals surface area contributed by atoms with Crippen LogP contribution < -0.4 is 10.1 Å². The van der Waals surface area contributed by atoms with Crippen molar-refractivity contribution >= 4 is 5.91 Å². The zero-order valence-electron chi connectivity index (χ0n) is 14.3. The fourth-order valence-electron chi connectivity index (χ4n) is 3.03. The van der Waals surface area contributed by atoms with Crippen LogP contribution in [0.3, 0.4) is 0 Å². The Hall–Kier alpha value is -3.09. The minimum absolute atomic E-state index is 0.259. The predicted molar refractivity (Wildman–Crippen MR) is 94.6 cm³/mol. The lowest BCUT2D eigenvalue weighted by atomic mass is 10.2. The van der Waals surface area contributed by atoms with E-state index in [2.05, 4.69) is 20.5 Å². The summed E-state index contributed by atoms with van der Waals surface area (Å²) >= 11 is 0. The van der Waals surface area contributed by atoms with Crippen LogP contribution >= 0.6 is 0 Å². The lowest BCUT2D eigenvalue weighted by Crippen LogP contribution is -2.23. The number of ether oxygens (including phenoxy) is 1. The second-order valence-electron chi connectivity index (χ2n) is 6.36. The van der Waals surface area contributed by atoms with E-state index in [1.807, 2.05) is 12.1 Å².